The summed E-state index contributed by atoms with van der Waals surface area (Å²) in [5, 5.41) is 2.52. The average Bonchev–Trinajstić information content (AvgIpc) is 2.50. The van der Waals surface area contributed by atoms with E-state index in [0.29, 0.717) is 13.1 Å². The maximum absolute atomic E-state index is 12.8. The highest BCUT2D eigenvalue weighted by Crippen LogP contribution is 2.28. The lowest BCUT2D eigenvalue weighted by molar-refractivity contribution is 0.168. The SMILES string of the molecule is CCOC(=O)Nc1ccc(C)cc1S(=O)(=O)N1CCCCC1. The van der Waals surface area contributed by atoms with Gasteiger partial charge in [-0.2, -0.15) is 4.31 Å². The van der Waals surface area contributed by atoms with Gasteiger partial charge in [0, 0.05) is 13.1 Å². The lowest BCUT2D eigenvalue weighted by atomic mass is 10.2. The number of piperidine rings is 1. The monoisotopic (exact) mass is 326 g/mol. The first-order valence-electron chi connectivity index (χ1n) is 7.49. The van der Waals surface area contributed by atoms with E-state index < -0.39 is 16.1 Å². The Morgan fingerprint density at radius 1 is 1.27 bits per heavy atom. The molecule has 122 valence electrons. The maximum atomic E-state index is 12.8. The number of hydrogen-bond donors (Lipinski definition) is 1. The number of nitrogens with zero attached hydrogens (tertiary/aromatic N) is 1. The summed E-state index contributed by atoms with van der Waals surface area (Å²) >= 11 is 0. The lowest BCUT2D eigenvalue weighted by Gasteiger charge is -2.27. The van der Waals surface area contributed by atoms with Crippen molar-refractivity contribution in [2.75, 3.05) is 25.0 Å². The normalized spacial score (nSPS) is 16.3. The van der Waals surface area contributed by atoms with E-state index >= 15 is 0 Å². The van der Waals surface area contributed by atoms with Crippen LogP contribution < -0.4 is 5.32 Å². The molecule has 0 spiro atoms. The van der Waals surface area contributed by atoms with E-state index in [-0.39, 0.29) is 17.2 Å². The highest BCUT2D eigenvalue weighted by Gasteiger charge is 2.28. The van der Waals surface area contributed by atoms with Gasteiger partial charge in [0.15, 0.2) is 0 Å². The molecule has 1 heterocycles. The van der Waals surface area contributed by atoms with Crippen molar-refractivity contribution in [1.29, 1.82) is 0 Å². The molecule has 1 amide bonds. The minimum atomic E-state index is -3.61. The van der Waals surface area contributed by atoms with Crippen molar-refractivity contribution >= 4 is 21.8 Å². The molecule has 0 aliphatic carbocycles. The third kappa shape index (κ3) is 3.78. The Morgan fingerprint density at radius 3 is 2.59 bits per heavy atom. The maximum Gasteiger partial charge on any atom is 0.411 e. The number of rotatable bonds is 4. The zero-order valence-electron chi connectivity index (χ0n) is 13.0. The standard InChI is InChI=1S/C15H22N2O4S/c1-3-21-15(18)16-13-8-7-12(2)11-14(13)22(19,20)17-9-5-4-6-10-17/h7-8,11H,3-6,9-10H2,1-2H3,(H,16,18). The number of aryl methyl sites for hydroxylation is 1. The number of sulfonamides is 1. The molecular formula is C15H22N2O4S. The van der Waals surface area contributed by atoms with Gasteiger partial charge in [0.1, 0.15) is 4.90 Å². The summed E-state index contributed by atoms with van der Waals surface area (Å²) in [6.45, 7) is 4.79. The number of carbonyl (C=O) groups is 1. The minimum Gasteiger partial charge on any atom is -0.450 e. The van der Waals surface area contributed by atoms with Gasteiger partial charge in [-0.1, -0.05) is 12.5 Å². The van der Waals surface area contributed by atoms with Gasteiger partial charge in [0.05, 0.1) is 12.3 Å². The second-order valence-corrected chi connectivity index (χ2v) is 7.22. The van der Waals surface area contributed by atoms with Crippen LogP contribution in [0.25, 0.3) is 0 Å². The molecule has 0 atom stereocenters. The van der Waals surface area contributed by atoms with Crippen molar-refractivity contribution in [1.82, 2.24) is 4.31 Å². The molecule has 7 heteroatoms. The predicted molar refractivity (Wildman–Crippen MR) is 84.4 cm³/mol. The fourth-order valence-corrected chi connectivity index (χ4v) is 4.22. The van der Waals surface area contributed by atoms with Crippen LogP contribution in [0.1, 0.15) is 31.7 Å². The Balaban J connectivity index is 2.35. The quantitative estimate of drug-likeness (QED) is 0.923. The first-order chi connectivity index (χ1) is 10.4. The molecule has 0 aromatic heterocycles. The summed E-state index contributed by atoms with van der Waals surface area (Å²) in [6.07, 6.45) is 2.13. The van der Waals surface area contributed by atoms with Crippen molar-refractivity contribution < 1.29 is 17.9 Å². The number of carbonyl (C=O) groups excluding carboxylic acids is 1. The smallest absolute Gasteiger partial charge is 0.411 e. The number of amides is 1. The molecule has 1 fully saturated rings. The van der Waals surface area contributed by atoms with Gasteiger partial charge >= 0.3 is 6.09 Å². The van der Waals surface area contributed by atoms with Crippen LogP contribution in [-0.2, 0) is 14.8 Å². The second-order valence-electron chi connectivity index (χ2n) is 5.31. The Kier molecular flexibility index (Phi) is 5.42. The van der Waals surface area contributed by atoms with Crippen LogP contribution >= 0.6 is 0 Å². The van der Waals surface area contributed by atoms with Gasteiger partial charge in [-0.15, -0.1) is 0 Å². The van der Waals surface area contributed by atoms with E-state index in [2.05, 4.69) is 5.32 Å². The first-order valence-corrected chi connectivity index (χ1v) is 8.93. The minimum absolute atomic E-state index is 0.127. The van der Waals surface area contributed by atoms with E-state index in [9.17, 15) is 13.2 Å². The summed E-state index contributed by atoms with van der Waals surface area (Å²) in [5.74, 6) is 0. The van der Waals surface area contributed by atoms with Crippen molar-refractivity contribution in [2.45, 2.75) is 38.0 Å². The number of hydrogen-bond acceptors (Lipinski definition) is 4. The highest BCUT2D eigenvalue weighted by atomic mass is 32.2. The molecule has 0 unspecified atom stereocenters. The van der Waals surface area contributed by atoms with Gasteiger partial charge in [-0.3, -0.25) is 5.32 Å². The number of anilines is 1. The molecule has 1 aromatic rings. The van der Waals surface area contributed by atoms with Crippen LogP contribution in [-0.4, -0.2) is 38.5 Å². The summed E-state index contributed by atoms with van der Waals surface area (Å²) in [5.41, 5.74) is 1.08. The fraction of sp³-hybridized carbons (Fsp3) is 0.533. The fourth-order valence-electron chi connectivity index (χ4n) is 2.47. The van der Waals surface area contributed by atoms with Gasteiger partial charge in [0.25, 0.3) is 0 Å². The Hall–Kier alpha value is -1.60. The molecule has 1 aliphatic heterocycles. The van der Waals surface area contributed by atoms with Crippen LogP contribution in [0, 0.1) is 6.92 Å². The second kappa shape index (κ2) is 7.11. The third-order valence-corrected chi connectivity index (χ3v) is 5.52. The van der Waals surface area contributed by atoms with Crippen LogP contribution in [0.15, 0.2) is 23.1 Å². The van der Waals surface area contributed by atoms with E-state index in [0.717, 1.165) is 24.8 Å². The van der Waals surface area contributed by atoms with E-state index in [1.54, 1.807) is 25.1 Å². The summed E-state index contributed by atoms with van der Waals surface area (Å²) in [6, 6.07) is 4.95. The summed E-state index contributed by atoms with van der Waals surface area (Å²) in [4.78, 5) is 11.7. The van der Waals surface area contributed by atoms with Crippen molar-refractivity contribution in [3.8, 4) is 0 Å². The highest BCUT2D eigenvalue weighted by molar-refractivity contribution is 7.89. The zero-order chi connectivity index (χ0) is 16.2. The van der Waals surface area contributed by atoms with E-state index in [1.807, 2.05) is 6.92 Å². The number of nitrogens with one attached hydrogen (secondary N) is 1. The molecule has 0 radical (unpaired) electrons. The molecule has 0 bridgehead atoms. The van der Waals surface area contributed by atoms with Crippen molar-refractivity contribution in [2.24, 2.45) is 0 Å². The van der Waals surface area contributed by atoms with E-state index in [1.165, 1.54) is 4.31 Å². The lowest BCUT2D eigenvalue weighted by Crippen LogP contribution is -2.36. The van der Waals surface area contributed by atoms with Gasteiger partial charge in [-0.25, -0.2) is 13.2 Å². The zero-order valence-corrected chi connectivity index (χ0v) is 13.8. The van der Waals surface area contributed by atoms with Crippen LogP contribution in [0.4, 0.5) is 10.5 Å². The van der Waals surface area contributed by atoms with Gasteiger partial charge in [0.2, 0.25) is 10.0 Å². The third-order valence-electron chi connectivity index (χ3n) is 3.58. The molecule has 1 N–H and O–H groups in total. The predicted octanol–water partition coefficient (Wildman–Crippen LogP) is 2.74. The van der Waals surface area contributed by atoms with Crippen LogP contribution in [0.2, 0.25) is 0 Å². The summed E-state index contributed by atoms with van der Waals surface area (Å²) < 4.78 is 32.0. The topological polar surface area (TPSA) is 75.7 Å². The molecule has 2 rings (SSSR count). The van der Waals surface area contributed by atoms with Gasteiger partial charge < -0.3 is 4.74 Å². The largest absolute Gasteiger partial charge is 0.450 e. The number of ether oxygens (including phenoxy) is 1. The first kappa shape index (κ1) is 16.8. The molecule has 0 saturated carbocycles. The Morgan fingerprint density at radius 2 is 1.95 bits per heavy atom. The van der Waals surface area contributed by atoms with Gasteiger partial charge in [-0.05, 0) is 44.4 Å². The molecular weight excluding hydrogens is 304 g/mol. The van der Waals surface area contributed by atoms with Crippen LogP contribution in [0.5, 0.6) is 0 Å². The van der Waals surface area contributed by atoms with Crippen molar-refractivity contribution in [3.05, 3.63) is 23.8 Å². The molecule has 6 nitrogen and oxygen atoms in total. The average molecular weight is 326 g/mol. The molecule has 1 aromatic carbocycles. The molecule has 1 aliphatic rings. The Labute approximate surface area is 131 Å². The van der Waals surface area contributed by atoms with Crippen molar-refractivity contribution in [3.63, 3.8) is 0 Å². The molecule has 1 saturated heterocycles. The number of benzene rings is 1. The molecule has 22 heavy (non-hydrogen) atoms. The summed E-state index contributed by atoms with van der Waals surface area (Å²) in [7, 11) is -3.61. The Bertz CT molecular complexity index is 637. The van der Waals surface area contributed by atoms with Crippen LogP contribution in [0.3, 0.4) is 0 Å². The van der Waals surface area contributed by atoms with E-state index in [4.69, 9.17) is 4.74 Å².